The molecule has 2 aliphatic rings. The van der Waals surface area contributed by atoms with Gasteiger partial charge in [0.2, 0.25) is 0 Å². The smallest absolute Gasteiger partial charge is 0.118 e. The third-order valence-corrected chi connectivity index (χ3v) is 7.01. The average molecular weight is 435 g/mol. The molecule has 4 nitrogen and oxygen atoms in total. The van der Waals surface area contributed by atoms with E-state index in [-0.39, 0.29) is 0 Å². The van der Waals surface area contributed by atoms with Crippen LogP contribution in [0.5, 0.6) is 5.75 Å². The molecule has 1 aliphatic carbocycles. The van der Waals surface area contributed by atoms with Gasteiger partial charge in [-0.1, -0.05) is 48.6 Å². The van der Waals surface area contributed by atoms with Crippen molar-refractivity contribution in [3.05, 3.63) is 71.3 Å². The maximum Gasteiger partial charge on any atom is 0.118 e. The molecular weight excluding hydrogens is 396 g/mol. The SMILES string of the molecule is COCCN(C/C=C/c1ccc(OC)cc1)C[C@H]1CCCN(C2Cc3ccccc3C2)C1. The zero-order chi connectivity index (χ0) is 22.2. The predicted molar refractivity (Wildman–Crippen MR) is 132 cm³/mol. The van der Waals surface area contributed by atoms with Crippen LogP contribution in [0, 0.1) is 5.92 Å². The lowest BCUT2D eigenvalue weighted by atomic mass is 9.95. The molecular formula is C28H38N2O2. The van der Waals surface area contributed by atoms with Gasteiger partial charge in [-0.05, 0) is 67.0 Å². The molecule has 0 amide bonds. The summed E-state index contributed by atoms with van der Waals surface area (Å²) in [6.07, 6.45) is 9.59. The van der Waals surface area contributed by atoms with Gasteiger partial charge in [-0.3, -0.25) is 9.80 Å². The first kappa shape index (κ1) is 23.0. The summed E-state index contributed by atoms with van der Waals surface area (Å²) in [5, 5.41) is 0. The molecule has 1 saturated heterocycles. The van der Waals surface area contributed by atoms with E-state index in [0.29, 0.717) is 6.04 Å². The molecule has 32 heavy (non-hydrogen) atoms. The Balaban J connectivity index is 1.31. The number of nitrogens with zero attached hydrogens (tertiary/aromatic N) is 2. The second-order valence-corrected chi connectivity index (χ2v) is 9.26. The molecule has 172 valence electrons. The highest BCUT2D eigenvalue weighted by molar-refractivity contribution is 5.50. The van der Waals surface area contributed by atoms with Crippen molar-refractivity contribution in [1.82, 2.24) is 9.80 Å². The lowest BCUT2D eigenvalue weighted by Gasteiger charge is -2.38. The van der Waals surface area contributed by atoms with Gasteiger partial charge in [-0.2, -0.15) is 0 Å². The Morgan fingerprint density at radius 1 is 1.03 bits per heavy atom. The Morgan fingerprint density at radius 3 is 2.47 bits per heavy atom. The molecule has 0 bridgehead atoms. The highest BCUT2D eigenvalue weighted by atomic mass is 16.5. The van der Waals surface area contributed by atoms with Crippen molar-refractivity contribution in [3.8, 4) is 5.75 Å². The summed E-state index contributed by atoms with van der Waals surface area (Å²) in [7, 11) is 3.50. The molecule has 4 rings (SSSR count). The van der Waals surface area contributed by atoms with Gasteiger partial charge in [0.05, 0.1) is 13.7 Å². The van der Waals surface area contributed by atoms with Gasteiger partial charge in [0.15, 0.2) is 0 Å². The van der Waals surface area contributed by atoms with Crippen LogP contribution < -0.4 is 4.74 Å². The quantitative estimate of drug-likeness (QED) is 0.548. The second-order valence-electron chi connectivity index (χ2n) is 9.26. The Labute approximate surface area is 193 Å². The number of piperidine rings is 1. The molecule has 2 aromatic rings. The third-order valence-electron chi connectivity index (χ3n) is 7.01. The fraction of sp³-hybridized carbons (Fsp3) is 0.500. The van der Waals surface area contributed by atoms with Crippen LogP contribution in [-0.2, 0) is 17.6 Å². The molecule has 0 spiro atoms. The molecule has 0 radical (unpaired) electrons. The van der Waals surface area contributed by atoms with Crippen molar-refractivity contribution < 1.29 is 9.47 Å². The molecule has 4 heteroatoms. The van der Waals surface area contributed by atoms with Crippen LogP contribution in [0.15, 0.2) is 54.6 Å². The largest absolute Gasteiger partial charge is 0.497 e. The number of hydrogen-bond acceptors (Lipinski definition) is 4. The summed E-state index contributed by atoms with van der Waals surface area (Å²) in [5.41, 5.74) is 4.33. The molecule has 1 atom stereocenters. The summed E-state index contributed by atoms with van der Waals surface area (Å²) in [6, 6.07) is 17.9. The van der Waals surface area contributed by atoms with Crippen molar-refractivity contribution in [2.24, 2.45) is 5.92 Å². The van der Waals surface area contributed by atoms with Crippen molar-refractivity contribution >= 4 is 6.08 Å². The predicted octanol–water partition coefficient (Wildman–Crippen LogP) is 4.54. The number of rotatable bonds is 10. The van der Waals surface area contributed by atoms with Gasteiger partial charge in [0.1, 0.15) is 5.75 Å². The van der Waals surface area contributed by atoms with Crippen LogP contribution >= 0.6 is 0 Å². The number of fused-ring (bicyclic) bond motifs is 1. The molecule has 1 fully saturated rings. The topological polar surface area (TPSA) is 24.9 Å². The monoisotopic (exact) mass is 434 g/mol. The first-order chi connectivity index (χ1) is 15.7. The lowest BCUT2D eigenvalue weighted by molar-refractivity contribution is 0.0916. The van der Waals surface area contributed by atoms with Gasteiger partial charge < -0.3 is 9.47 Å². The fourth-order valence-corrected chi connectivity index (χ4v) is 5.27. The van der Waals surface area contributed by atoms with Crippen molar-refractivity contribution in [1.29, 1.82) is 0 Å². The minimum absolute atomic E-state index is 0.692. The van der Waals surface area contributed by atoms with Crippen LogP contribution in [0.2, 0.25) is 0 Å². The highest BCUT2D eigenvalue weighted by Gasteiger charge is 2.30. The summed E-state index contributed by atoms with van der Waals surface area (Å²) >= 11 is 0. The normalized spacial score (nSPS) is 19.7. The van der Waals surface area contributed by atoms with Gasteiger partial charge >= 0.3 is 0 Å². The van der Waals surface area contributed by atoms with E-state index in [1.807, 2.05) is 12.1 Å². The molecule has 0 aromatic heterocycles. The number of likely N-dealkylation sites (tertiary alicyclic amines) is 1. The third kappa shape index (κ3) is 6.22. The van der Waals surface area contributed by atoms with Crippen molar-refractivity contribution in [3.63, 3.8) is 0 Å². The van der Waals surface area contributed by atoms with Gasteiger partial charge in [-0.25, -0.2) is 0 Å². The second kappa shape index (κ2) is 11.6. The fourth-order valence-electron chi connectivity index (χ4n) is 5.27. The molecule has 0 N–H and O–H groups in total. The van der Waals surface area contributed by atoms with Crippen molar-refractivity contribution in [2.75, 3.05) is 53.6 Å². The van der Waals surface area contributed by atoms with Crippen LogP contribution in [0.1, 0.15) is 29.5 Å². The van der Waals surface area contributed by atoms with Crippen LogP contribution in [0.3, 0.4) is 0 Å². The Hall–Kier alpha value is -2.14. The molecule has 0 saturated carbocycles. The van der Waals surface area contributed by atoms with Gasteiger partial charge in [0, 0.05) is 39.3 Å². The number of hydrogen-bond donors (Lipinski definition) is 0. The van der Waals surface area contributed by atoms with E-state index >= 15 is 0 Å². The highest BCUT2D eigenvalue weighted by Crippen LogP contribution is 2.29. The van der Waals surface area contributed by atoms with E-state index in [2.05, 4.69) is 58.4 Å². The Morgan fingerprint density at radius 2 is 1.78 bits per heavy atom. The Bertz CT molecular complexity index is 839. The number of methoxy groups -OCH3 is 2. The standard InChI is InChI=1S/C28H38N2O2/c1-31-18-17-29(15-5-7-23-11-13-28(32-2)14-12-23)21-24-8-6-16-30(22-24)27-19-25-9-3-4-10-26(25)20-27/h3-5,7,9-14,24,27H,6,8,15-22H2,1-2H3/b7-5+/t24-/m1/s1. The number of benzene rings is 2. The van der Waals surface area contributed by atoms with E-state index in [4.69, 9.17) is 9.47 Å². The van der Waals surface area contributed by atoms with Gasteiger partial charge in [0.25, 0.3) is 0 Å². The minimum Gasteiger partial charge on any atom is -0.497 e. The zero-order valence-electron chi connectivity index (χ0n) is 19.7. The summed E-state index contributed by atoms with van der Waals surface area (Å²) < 4.78 is 10.7. The van der Waals surface area contributed by atoms with Gasteiger partial charge in [-0.15, -0.1) is 0 Å². The van der Waals surface area contributed by atoms with Crippen LogP contribution in [0.25, 0.3) is 6.08 Å². The van der Waals surface area contributed by atoms with E-state index in [1.165, 1.54) is 44.3 Å². The summed E-state index contributed by atoms with van der Waals surface area (Å²) in [6.45, 7) is 6.35. The van der Waals surface area contributed by atoms with E-state index < -0.39 is 0 Å². The maximum absolute atomic E-state index is 5.40. The van der Waals surface area contributed by atoms with Crippen LogP contribution in [0.4, 0.5) is 0 Å². The molecule has 1 heterocycles. The summed E-state index contributed by atoms with van der Waals surface area (Å²) in [5.74, 6) is 1.63. The zero-order valence-corrected chi connectivity index (χ0v) is 19.7. The van der Waals surface area contributed by atoms with E-state index in [9.17, 15) is 0 Å². The first-order valence-corrected chi connectivity index (χ1v) is 12.1. The number of ether oxygens (including phenoxy) is 2. The summed E-state index contributed by atoms with van der Waals surface area (Å²) in [4.78, 5) is 5.33. The van der Waals surface area contributed by atoms with E-state index in [1.54, 1.807) is 25.3 Å². The first-order valence-electron chi connectivity index (χ1n) is 12.1. The van der Waals surface area contributed by atoms with Crippen LogP contribution in [-0.4, -0.2) is 69.4 Å². The molecule has 1 aliphatic heterocycles. The lowest BCUT2D eigenvalue weighted by Crippen LogP contribution is -2.46. The Kier molecular flexibility index (Phi) is 8.38. The molecule has 0 unspecified atom stereocenters. The average Bonchev–Trinajstić information content (AvgIpc) is 3.27. The minimum atomic E-state index is 0.692. The van der Waals surface area contributed by atoms with E-state index in [0.717, 1.165) is 37.9 Å². The maximum atomic E-state index is 5.40. The van der Waals surface area contributed by atoms with Crippen molar-refractivity contribution in [2.45, 2.75) is 31.7 Å². The molecule has 2 aromatic carbocycles.